The third-order valence-electron chi connectivity index (χ3n) is 3.72. The van der Waals surface area contributed by atoms with E-state index in [4.69, 9.17) is 4.55 Å². The summed E-state index contributed by atoms with van der Waals surface area (Å²) in [5, 5.41) is 0.0321. The van der Waals surface area contributed by atoms with Gasteiger partial charge in [-0.05, 0) is 47.2 Å². The van der Waals surface area contributed by atoms with Crippen LogP contribution in [0.2, 0.25) is 0 Å². The Kier molecular flexibility index (Phi) is 4.10. The van der Waals surface area contributed by atoms with Gasteiger partial charge in [0.15, 0.2) is 0 Å². The van der Waals surface area contributed by atoms with Crippen LogP contribution in [0.1, 0.15) is 0 Å². The van der Waals surface area contributed by atoms with Crippen molar-refractivity contribution in [3.63, 3.8) is 0 Å². The van der Waals surface area contributed by atoms with Crippen molar-refractivity contribution in [2.45, 2.75) is 14.7 Å². The molecule has 0 saturated carbocycles. The van der Waals surface area contributed by atoms with Crippen LogP contribution in [0.3, 0.4) is 0 Å². The molecule has 0 aliphatic heterocycles. The summed E-state index contributed by atoms with van der Waals surface area (Å²) in [6.07, 6.45) is 0. The van der Waals surface area contributed by atoms with Gasteiger partial charge >= 0.3 is 0 Å². The van der Waals surface area contributed by atoms with E-state index in [0.29, 0.717) is 5.39 Å². The second-order valence-corrected chi connectivity index (χ2v) is 9.60. The highest BCUT2D eigenvalue weighted by Crippen LogP contribution is 2.33. The van der Waals surface area contributed by atoms with Gasteiger partial charge in [0.2, 0.25) is 0 Å². The van der Waals surface area contributed by atoms with Gasteiger partial charge in [-0.3, -0.25) is 13.7 Å². The Balaban J connectivity index is 2.56. The zero-order valence-electron chi connectivity index (χ0n) is 12.6. The van der Waals surface area contributed by atoms with Crippen LogP contribution in [0.15, 0.2) is 57.2 Å². The molecule has 0 saturated heterocycles. The second kappa shape index (κ2) is 5.70. The van der Waals surface area contributed by atoms with E-state index >= 15 is 0 Å². The van der Waals surface area contributed by atoms with Crippen LogP contribution in [-0.2, 0) is 30.4 Å². The lowest BCUT2D eigenvalue weighted by Gasteiger charge is -2.10. The molecule has 0 radical (unpaired) electrons. The molecule has 138 valence electrons. The van der Waals surface area contributed by atoms with E-state index < -0.39 is 45.0 Å². The molecular weight excluding hydrogens is 408 g/mol. The minimum atomic E-state index is -4.74. The highest BCUT2D eigenvalue weighted by atomic mass is 32.2. The molecule has 0 unspecified atom stereocenters. The number of rotatable bonds is 3. The van der Waals surface area contributed by atoms with Crippen molar-refractivity contribution in [3.8, 4) is 0 Å². The molecule has 0 amide bonds. The molecule has 0 spiro atoms. The molecule has 26 heavy (non-hydrogen) atoms. The fraction of sp³-hybridized carbons (Fsp3) is 0. The molecule has 0 atom stereocenters. The van der Waals surface area contributed by atoms with Crippen LogP contribution in [0.5, 0.6) is 0 Å². The first-order valence-corrected chi connectivity index (χ1v) is 11.0. The Hall–Kier alpha value is -2.09. The van der Waals surface area contributed by atoms with Gasteiger partial charge in [-0.2, -0.15) is 25.3 Å². The predicted octanol–water partition coefficient (Wildman–Crippen LogP) is 1.73. The zero-order valence-corrected chi connectivity index (χ0v) is 15.0. The first-order chi connectivity index (χ1) is 11.8. The van der Waals surface area contributed by atoms with Crippen LogP contribution in [0, 0.1) is 0 Å². The van der Waals surface area contributed by atoms with Crippen molar-refractivity contribution in [1.29, 1.82) is 0 Å². The van der Waals surface area contributed by atoms with E-state index in [2.05, 4.69) is 0 Å². The van der Waals surface area contributed by atoms with Crippen LogP contribution in [0.4, 0.5) is 0 Å². The molecule has 3 aromatic rings. The lowest BCUT2D eigenvalue weighted by atomic mass is 10.0. The summed E-state index contributed by atoms with van der Waals surface area (Å²) in [4.78, 5) is -1.66. The van der Waals surface area contributed by atoms with E-state index in [9.17, 15) is 34.4 Å². The molecule has 0 aliphatic rings. The van der Waals surface area contributed by atoms with Gasteiger partial charge in [0.25, 0.3) is 30.4 Å². The van der Waals surface area contributed by atoms with Gasteiger partial charge in [0, 0.05) is 10.8 Å². The first-order valence-electron chi connectivity index (χ1n) is 6.71. The molecule has 3 rings (SSSR count). The third kappa shape index (κ3) is 3.30. The molecule has 0 aromatic heterocycles. The van der Waals surface area contributed by atoms with Crippen molar-refractivity contribution in [1.82, 2.24) is 0 Å². The summed E-state index contributed by atoms with van der Waals surface area (Å²) in [6.45, 7) is 0. The number of hydrogen-bond acceptors (Lipinski definition) is 6. The quantitative estimate of drug-likeness (QED) is 0.424. The Morgan fingerprint density at radius 3 is 1.42 bits per heavy atom. The second-order valence-electron chi connectivity index (χ2n) is 5.39. The Labute approximate surface area is 148 Å². The van der Waals surface area contributed by atoms with E-state index in [0.717, 1.165) is 30.3 Å². The standard InChI is InChI=1S/C14H10O9S3/c15-24(16,17)10-2-1-8-6-11-12(7-9(8)5-10)14(26(21,22)23)4-3-13(11)25(18,19)20/h1-7H,(H,15,16,17)(H,18,19,20)(H,21,22,23). The molecule has 0 fully saturated rings. The largest absolute Gasteiger partial charge is 0.295 e. The highest BCUT2D eigenvalue weighted by molar-refractivity contribution is 7.86. The summed E-state index contributed by atoms with van der Waals surface area (Å²) < 4.78 is 96.6. The summed E-state index contributed by atoms with van der Waals surface area (Å²) in [7, 11) is -14.0. The minimum Gasteiger partial charge on any atom is -0.282 e. The maximum atomic E-state index is 11.6. The third-order valence-corrected chi connectivity index (χ3v) is 6.39. The van der Waals surface area contributed by atoms with E-state index in [-0.39, 0.29) is 16.2 Å². The molecule has 3 aromatic carbocycles. The predicted molar refractivity (Wildman–Crippen MR) is 90.9 cm³/mol. The summed E-state index contributed by atoms with van der Waals surface area (Å²) in [6, 6.07) is 7.39. The van der Waals surface area contributed by atoms with Crippen molar-refractivity contribution < 1.29 is 38.9 Å². The number of benzene rings is 3. The smallest absolute Gasteiger partial charge is 0.282 e. The number of fused-ring (bicyclic) bond motifs is 2. The topological polar surface area (TPSA) is 163 Å². The van der Waals surface area contributed by atoms with Crippen molar-refractivity contribution in [2.24, 2.45) is 0 Å². The lowest BCUT2D eigenvalue weighted by Crippen LogP contribution is -2.04. The minimum absolute atomic E-state index is 0.157. The Morgan fingerprint density at radius 1 is 0.538 bits per heavy atom. The first kappa shape index (κ1) is 18.7. The van der Waals surface area contributed by atoms with Crippen LogP contribution in [0.25, 0.3) is 21.5 Å². The molecule has 12 heteroatoms. The Morgan fingerprint density at radius 2 is 1.00 bits per heavy atom. The van der Waals surface area contributed by atoms with E-state index in [1.807, 2.05) is 0 Å². The SMILES string of the molecule is O=S(=O)(O)c1ccc2cc3c(S(=O)(=O)O)ccc(S(=O)(=O)O)c3cc2c1. The fourth-order valence-electron chi connectivity index (χ4n) is 2.62. The van der Waals surface area contributed by atoms with Gasteiger partial charge in [-0.25, -0.2) is 0 Å². The average Bonchev–Trinajstić information content (AvgIpc) is 2.48. The van der Waals surface area contributed by atoms with E-state index in [1.165, 1.54) is 12.1 Å². The highest BCUT2D eigenvalue weighted by Gasteiger charge is 2.22. The molecule has 9 nitrogen and oxygen atoms in total. The van der Waals surface area contributed by atoms with Crippen LogP contribution < -0.4 is 0 Å². The van der Waals surface area contributed by atoms with Gasteiger partial charge in [0.1, 0.15) is 9.79 Å². The zero-order chi connectivity index (χ0) is 19.5. The Bertz CT molecular complexity index is 1390. The summed E-state index contributed by atoms with van der Waals surface area (Å²) >= 11 is 0. The van der Waals surface area contributed by atoms with Crippen LogP contribution >= 0.6 is 0 Å². The van der Waals surface area contributed by atoms with Gasteiger partial charge in [-0.1, -0.05) is 6.07 Å². The van der Waals surface area contributed by atoms with Crippen molar-refractivity contribution in [3.05, 3.63) is 42.5 Å². The molecule has 0 heterocycles. The molecular formula is C14H10O9S3. The monoisotopic (exact) mass is 418 g/mol. The summed E-state index contributed by atoms with van der Waals surface area (Å²) in [5.74, 6) is 0. The fourth-order valence-corrected chi connectivity index (χ4v) is 4.51. The maximum absolute atomic E-state index is 11.6. The molecule has 0 bridgehead atoms. The lowest BCUT2D eigenvalue weighted by molar-refractivity contribution is 0.480. The van der Waals surface area contributed by atoms with Crippen LogP contribution in [-0.4, -0.2) is 38.9 Å². The van der Waals surface area contributed by atoms with Crippen molar-refractivity contribution in [2.75, 3.05) is 0 Å². The van der Waals surface area contributed by atoms with Gasteiger partial charge in [-0.15, -0.1) is 0 Å². The molecule has 3 N–H and O–H groups in total. The normalized spacial score (nSPS) is 13.3. The molecule has 0 aliphatic carbocycles. The van der Waals surface area contributed by atoms with E-state index in [1.54, 1.807) is 0 Å². The van der Waals surface area contributed by atoms with Gasteiger partial charge < -0.3 is 0 Å². The average molecular weight is 418 g/mol. The maximum Gasteiger partial charge on any atom is 0.295 e. The summed E-state index contributed by atoms with van der Waals surface area (Å²) in [5.41, 5.74) is 0. The van der Waals surface area contributed by atoms with Gasteiger partial charge in [0.05, 0.1) is 4.90 Å². The van der Waals surface area contributed by atoms with Crippen molar-refractivity contribution >= 4 is 51.9 Å². The number of hydrogen-bond donors (Lipinski definition) is 3.